The van der Waals surface area contributed by atoms with Crippen molar-refractivity contribution >= 4 is 33.0 Å². The number of carbonyl (C=O) groups excluding carboxylic acids is 1. The van der Waals surface area contributed by atoms with Gasteiger partial charge in [-0.2, -0.15) is 0 Å². The van der Waals surface area contributed by atoms with Gasteiger partial charge in [-0.1, -0.05) is 24.8 Å². The number of aromatic nitrogens is 2. The highest BCUT2D eigenvalue weighted by molar-refractivity contribution is 7.21. The van der Waals surface area contributed by atoms with Gasteiger partial charge in [0.2, 0.25) is 0 Å². The summed E-state index contributed by atoms with van der Waals surface area (Å²) in [6, 6.07) is 10.6. The Morgan fingerprint density at radius 3 is 2.70 bits per heavy atom. The minimum absolute atomic E-state index is 0.200. The summed E-state index contributed by atoms with van der Waals surface area (Å²) < 4.78 is 34.0. The molecule has 3 heterocycles. The standard InChI is InChI=1S/C25H19F2N3O2S/c1-13(2)20-22-24(21(28-12-29-22)14-9-15(26)11-16(27)10-14)33-23(20)25(31)30-18-7-8-32-19-6-4-3-5-17(18)19/h3-6,9-12,18H,1,7-8H2,2H3,(H,30,31)/t18-/m0/s1. The van der Waals surface area contributed by atoms with Crippen molar-refractivity contribution in [2.24, 2.45) is 0 Å². The maximum atomic E-state index is 13.9. The first-order valence-electron chi connectivity index (χ1n) is 10.3. The van der Waals surface area contributed by atoms with Gasteiger partial charge in [0.15, 0.2) is 0 Å². The third-order valence-electron chi connectivity index (χ3n) is 5.50. The van der Waals surface area contributed by atoms with Gasteiger partial charge in [-0.3, -0.25) is 4.79 Å². The molecule has 166 valence electrons. The lowest BCUT2D eigenvalue weighted by molar-refractivity contribution is 0.0928. The van der Waals surface area contributed by atoms with E-state index in [1.165, 1.54) is 29.8 Å². The largest absolute Gasteiger partial charge is 0.493 e. The van der Waals surface area contributed by atoms with Gasteiger partial charge < -0.3 is 10.1 Å². The predicted octanol–water partition coefficient (Wildman–Crippen LogP) is 5.92. The number of hydrogen-bond acceptors (Lipinski definition) is 5. The highest BCUT2D eigenvalue weighted by atomic mass is 32.1. The van der Waals surface area contributed by atoms with Gasteiger partial charge in [0.1, 0.15) is 28.6 Å². The summed E-state index contributed by atoms with van der Waals surface area (Å²) in [5.41, 5.74) is 3.36. The molecule has 2 aromatic carbocycles. The Hall–Kier alpha value is -3.65. The Morgan fingerprint density at radius 1 is 1.18 bits per heavy atom. The molecule has 1 amide bonds. The van der Waals surface area contributed by atoms with Crippen LogP contribution in [-0.2, 0) is 0 Å². The zero-order chi connectivity index (χ0) is 23.1. The fraction of sp³-hybridized carbons (Fsp3) is 0.160. The molecule has 0 unspecified atom stereocenters. The molecule has 8 heteroatoms. The summed E-state index contributed by atoms with van der Waals surface area (Å²) in [7, 11) is 0. The summed E-state index contributed by atoms with van der Waals surface area (Å²) in [6.45, 7) is 6.33. The normalized spacial score (nSPS) is 15.1. The smallest absolute Gasteiger partial charge is 0.262 e. The van der Waals surface area contributed by atoms with Gasteiger partial charge in [0, 0.05) is 29.2 Å². The Bertz CT molecular complexity index is 1400. The van der Waals surface area contributed by atoms with Crippen LogP contribution in [0.5, 0.6) is 5.75 Å². The number of amides is 1. The maximum Gasteiger partial charge on any atom is 0.262 e. The monoisotopic (exact) mass is 463 g/mol. The van der Waals surface area contributed by atoms with E-state index < -0.39 is 11.6 Å². The zero-order valence-electron chi connectivity index (χ0n) is 17.7. The summed E-state index contributed by atoms with van der Waals surface area (Å²) >= 11 is 1.19. The van der Waals surface area contributed by atoms with Crippen molar-refractivity contribution in [1.29, 1.82) is 0 Å². The second kappa shape index (κ2) is 8.37. The molecule has 0 radical (unpaired) electrons. The quantitative estimate of drug-likeness (QED) is 0.408. The van der Waals surface area contributed by atoms with E-state index in [1.54, 1.807) is 6.92 Å². The van der Waals surface area contributed by atoms with Crippen LogP contribution >= 0.6 is 11.3 Å². The number of halogens is 2. The van der Waals surface area contributed by atoms with E-state index in [0.717, 1.165) is 17.4 Å². The number of para-hydroxylation sites is 1. The van der Waals surface area contributed by atoms with Crippen molar-refractivity contribution in [2.45, 2.75) is 19.4 Å². The second-order valence-corrected chi connectivity index (χ2v) is 8.87. The molecule has 5 rings (SSSR count). The molecule has 1 aliphatic heterocycles. The first kappa shape index (κ1) is 21.2. The van der Waals surface area contributed by atoms with Gasteiger partial charge in [-0.15, -0.1) is 11.3 Å². The summed E-state index contributed by atoms with van der Waals surface area (Å²) in [4.78, 5) is 22.5. The van der Waals surface area contributed by atoms with Gasteiger partial charge in [0.05, 0.1) is 28.6 Å². The molecular formula is C25H19F2N3O2S. The van der Waals surface area contributed by atoms with Gasteiger partial charge in [0.25, 0.3) is 5.91 Å². The molecular weight excluding hydrogens is 444 g/mol. The minimum atomic E-state index is -0.704. The topological polar surface area (TPSA) is 64.1 Å². The average Bonchev–Trinajstić information content (AvgIpc) is 3.19. The number of thiophene rings is 1. The van der Waals surface area contributed by atoms with E-state index in [1.807, 2.05) is 24.3 Å². The number of benzene rings is 2. The molecule has 0 saturated heterocycles. The number of hydrogen-bond donors (Lipinski definition) is 1. The van der Waals surface area contributed by atoms with Gasteiger partial charge >= 0.3 is 0 Å². The molecule has 0 saturated carbocycles. The van der Waals surface area contributed by atoms with Crippen LogP contribution in [0.15, 0.2) is 55.4 Å². The SMILES string of the molecule is C=C(C)c1c(C(=O)N[C@H]2CCOc3ccccc32)sc2c(-c3cc(F)cc(F)c3)ncnc12. The van der Waals surface area contributed by atoms with Crippen molar-refractivity contribution in [3.05, 3.63) is 83.0 Å². The molecule has 5 nitrogen and oxygen atoms in total. The van der Waals surface area contributed by atoms with Crippen molar-refractivity contribution in [2.75, 3.05) is 6.61 Å². The number of nitrogens with zero attached hydrogens (tertiary/aromatic N) is 2. The van der Waals surface area contributed by atoms with E-state index in [4.69, 9.17) is 4.74 Å². The van der Waals surface area contributed by atoms with Crippen LogP contribution in [0.1, 0.15) is 40.2 Å². The Kier molecular flexibility index (Phi) is 5.38. The first-order chi connectivity index (χ1) is 15.9. The van der Waals surface area contributed by atoms with Gasteiger partial charge in [-0.25, -0.2) is 18.7 Å². The number of carbonyl (C=O) groups is 1. The van der Waals surface area contributed by atoms with E-state index in [-0.39, 0.29) is 17.5 Å². The zero-order valence-corrected chi connectivity index (χ0v) is 18.5. The van der Waals surface area contributed by atoms with Crippen molar-refractivity contribution in [1.82, 2.24) is 15.3 Å². The van der Waals surface area contributed by atoms with Gasteiger partial charge in [-0.05, 0) is 30.7 Å². The number of fused-ring (bicyclic) bond motifs is 2. The lowest BCUT2D eigenvalue weighted by Crippen LogP contribution is -2.32. The van der Waals surface area contributed by atoms with Crippen LogP contribution in [0.3, 0.4) is 0 Å². The highest BCUT2D eigenvalue weighted by Crippen LogP contribution is 2.40. The minimum Gasteiger partial charge on any atom is -0.493 e. The third-order valence-corrected chi connectivity index (χ3v) is 6.69. The fourth-order valence-electron chi connectivity index (χ4n) is 4.08. The van der Waals surface area contributed by atoms with Crippen LogP contribution in [-0.4, -0.2) is 22.5 Å². The highest BCUT2D eigenvalue weighted by Gasteiger charge is 2.27. The Labute approximate surface area is 192 Å². The number of allylic oxidation sites excluding steroid dienone is 1. The maximum absolute atomic E-state index is 13.9. The van der Waals surface area contributed by atoms with Crippen LogP contribution in [0.25, 0.3) is 27.0 Å². The molecule has 2 aromatic heterocycles. The molecule has 0 bridgehead atoms. The van der Waals surface area contributed by atoms with Crippen LogP contribution in [0.4, 0.5) is 8.78 Å². The molecule has 0 fully saturated rings. The molecule has 1 aliphatic rings. The van der Waals surface area contributed by atoms with E-state index in [0.29, 0.717) is 45.0 Å². The van der Waals surface area contributed by atoms with Crippen LogP contribution < -0.4 is 10.1 Å². The molecule has 0 aliphatic carbocycles. The first-order valence-corrected chi connectivity index (χ1v) is 11.2. The third kappa shape index (κ3) is 3.87. The van der Waals surface area contributed by atoms with Crippen molar-refractivity contribution in [3.8, 4) is 17.0 Å². The van der Waals surface area contributed by atoms with Crippen LogP contribution in [0.2, 0.25) is 0 Å². The fourth-order valence-corrected chi connectivity index (χ4v) is 5.32. The average molecular weight is 464 g/mol. The number of ether oxygens (including phenoxy) is 1. The van der Waals surface area contributed by atoms with E-state index in [2.05, 4.69) is 21.9 Å². The predicted molar refractivity (Wildman–Crippen MR) is 124 cm³/mol. The number of rotatable bonds is 4. The molecule has 33 heavy (non-hydrogen) atoms. The second-order valence-electron chi connectivity index (χ2n) is 7.85. The lowest BCUT2D eigenvalue weighted by Gasteiger charge is -2.26. The molecule has 4 aromatic rings. The summed E-state index contributed by atoms with van der Waals surface area (Å²) in [5.74, 6) is -0.921. The van der Waals surface area contributed by atoms with Crippen molar-refractivity contribution < 1.29 is 18.3 Å². The summed E-state index contributed by atoms with van der Waals surface area (Å²) in [6.07, 6.45) is 1.97. The van der Waals surface area contributed by atoms with E-state index >= 15 is 0 Å². The Morgan fingerprint density at radius 2 is 1.94 bits per heavy atom. The lowest BCUT2D eigenvalue weighted by atomic mass is 10.00. The Balaban J connectivity index is 1.59. The molecule has 1 atom stereocenters. The molecule has 1 N–H and O–H groups in total. The summed E-state index contributed by atoms with van der Waals surface area (Å²) in [5, 5.41) is 3.11. The molecule has 0 spiro atoms. The van der Waals surface area contributed by atoms with Crippen LogP contribution in [0, 0.1) is 11.6 Å². The van der Waals surface area contributed by atoms with Crippen molar-refractivity contribution in [3.63, 3.8) is 0 Å². The van der Waals surface area contributed by atoms with E-state index in [9.17, 15) is 13.6 Å². The number of nitrogens with one attached hydrogen (secondary N) is 1.